The van der Waals surface area contributed by atoms with Crippen molar-refractivity contribution >= 4 is 17.2 Å². The lowest BCUT2D eigenvalue weighted by Crippen LogP contribution is -1.94. The summed E-state index contributed by atoms with van der Waals surface area (Å²) in [5.74, 6) is 0.0943. The topological polar surface area (TPSA) is 29.1 Å². The Hall–Kier alpha value is -2.09. The number of anilines is 2. The zero-order valence-corrected chi connectivity index (χ0v) is 12.1. The van der Waals surface area contributed by atoms with E-state index < -0.39 is 0 Å². The second-order valence-electron chi connectivity index (χ2n) is 5.06. The van der Waals surface area contributed by atoms with Gasteiger partial charge in [0, 0.05) is 16.9 Å². The minimum atomic E-state index is 0.0943. The molecule has 0 saturated carbocycles. The Morgan fingerprint density at radius 1 is 0.950 bits per heavy atom. The average molecular weight is 267 g/mol. The van der Waals surface area contributed by atoms with Gasteiger partial charge in [0.25, 0.3) is 0 Å². The molecular formula is C18H21NO. The summed E-state index contributed by atoms with van der Waals surface area (Å²) in [6.45, 7) is 3.79. The van der Waals surface area contributed by atoms with Gasteiger partial charge in [-0.15, -0.1) is 0 Å². The standard InChI is InChI=1S/C18H21NO/c1-3-4-5-15-6-10-17(11-7-15)19-18-12-8-16(9-13-18)14(2)20/h6-13,19H,3-5H2,1-2H3. The van der Waals surface area contributed by atoms with Gasteiger partial charge in [-0.2, -0.15) is 0 Å². The van der Waals surface area contributed by atoms with Gasteiger partial charge in [-0.3, -0.25) is 4.79 Å². The number of ketones is 1. The lowest BCUT2D eigenvalue weighted by atomic mass is 10.1. The molecule has 0 heterocycles. The summed E-state index contributed by atoms with van der Waals surface area (Å²) in [5, 5.41) is 3.34. The van der Waals surface area contributed by atoms with Crippen LogP contribution in [0, 0.1) is 0 Å². The number of nitrogens with one attached hydrogen (secondary N) is 1. The van der Waals surface area contributed by atoms with Gasteiger partial charge < -0.3 is 5.32 Å². The van der Waals surface area contributed by atoms with Crippen molar-refractivity contribution in [2.75, 3.05) is 5.32 Å². The maximum absolute atomic E-state index is 11.2. The highest BCUT2D eigenvalue weighted by atomic mass is 16.1. The van der Waals surface area contributed by atoms with Crippen LogP contribution in [0.1, 0.15) is 42.6 Å². The Balaban J connectivity index is 2.00. The third-order valence-corrected chi connectivity index (χ3v) is 3.35. The van der Waals surface area contributed by atoms with Crippen LogP contribution in [-0.2, 0) is 6.42 Å². The SMILES string of the molecule is CCCCc1ccc(Nc2ccc(C(C)=O)cc2)cc1. The predicted molar refractivity (Wildman–Crippen MR) is 84.8 cm³/mol. The molecule has 0 aliphatic carbocycles. The number of Topliss-reactive ketones (excluding diaryl/α,β-unsaturated/α-hetero) is 1. The maximum atomic E-state index is 11.2. The quantitative estimate of drug-likeness (QED) is 0.748. The van der Waals surface area contributed by atoms with Gasteiger partial charge in [-0.25, -0.2) is 0 Å². The third-order valence-electron chi connectivity index (χ3n) is 3.35. The summed E-state index contributed by atoms with van der Waals surface area (Å²) in [5.41, 5.74) is 4.19. The molecule has 0 fully saturated rings. The van der Waals surface area contributed by atoms with Crippen molar-refractivity contribution in [3.8, 4) is 0 Å². The Morgan fingerprint density at radius 3 is 2.00 bits per heavy atom. The number of unbranched alkanes of at least 4 members (excludes halogenated alkanes) is 1. The first-order valence-corrected chi connectivity index (χ1v) is 7.16. The number of carbonyl (C=O) groups excluding carboxylic acids is 1. The molecular weight excluding hydrogens is 246 g/mol. The smallest absolute Gasteiger partial charge is 0.159 e. The van der Waals surface area contributed by atoms with Crippen LogP contribution in [0.4, 0.5) is 11.4 Å². The molecule has 20 heavy (non-hydrogen) atoms. The molecule has 0 unspecified atom stereocenters. The van der Waals surface area contributed by atoms with Gasteiger partial charge >= 0.3 is 0 Å². The molecule has 0 aliphatic rings. The Kier molecular flexibility index (Phi) is 4.94. The molecule has 0 atom stereocenters. The Morgan fingerprint density at radius 2 is 1.50 bits per heavy atom. The van der Waals surface area contributed by atoms with Crippen LogP contribution >= 0.6 is 0 Å². The molecule has 0 spiro atoms. The van der Waals surface area contributed by atoms with Gasteiger partial charge in [0.15, 0.2) is 5.78 Å². The first-order chi connectivity index (χ1) is 9.69. The van der Waals surface area contributed by atoms with Crippen molar-refractivity contribution in [2.24, 2.45) is 0 Å². The molecule has 0 bridgehead atoms. The van der Waals surface area contributed by atoms with E-state index in [0.29, 0.717) is 0 Å². The minimum Gasteiger partial charge on any atom is -0.356 e. The molecule has 2 nitrogen and oxygen atoms in total. The molecule has 0 aliphatic heterocycles. The van der Waals surface area contributed by atoms with E-state index in [0.717, 1.165) is 23.4 Å². The van der Waals surface area contributed by atoms with Crippen molar-refractivity contribution in [2.45, 2.75) is 33.1 Å². The highest BCUT2D eigenvalue weighted by Crippen LogP contribution is 2.18. The Bertz CT molecular complexity index is 555. The fourth-order valence-corrected chi connectivity index (χ4v) is 2.09. The fourth-order valence-electron chi connectivity index (χ4n) is 2.09. The molecule has 0 saturated heterocycles. The van der Waals surface area contributed by atoms with Crippen LogP contribution in [0.25, 0.3) is 0 Å². The number of hydrogen-bond acceptors (Lipinski definition) is 2. The van der Waals surface area contributed by atoms with Crippen LogP contribution in [-0.4, -0.2) is 5.78 Å². The molecule has 0 radical (unpaired) electrons. The molecule has 0 amide bonds. The van der Waals surface area contributed by atoms with E-state index in [1.807, 2.05) is 24.3 Å². The molecule has 2 heteroatoms. The van der Waals surface area contributed by atoms with E-state index >= 15 is 0 Å². The van der Waals surface area contributed by atoms with E-state index in [9.17, 15) is 4.79 Å². The zero-order chi connectivity index (χ0) is 14.4. The third kappa shape index (κ3) is 3.95. The van der Waals surface area contributed by atoms with Gasteiger partial charge in [0.05, 0.1) is 0 Å². The fraction of sp³-hybridized carbons (Fsp3) is 0.278. The summed E-state index contributed by atoms with van der Waals surface area (Å²) in [7, 11) is 0. The second-order valence-corrected chi connectivity index (χ2v) is 5.06. The molecule has 104 valence electrons. The summed E-state index contributed by atoms with van der Waals surface area (Å²) in [6, 6.07) is 16.1. The van der Waals surface area contributed by atoms with Crippen LogP contribution < -0.4 is 5.32 Å². The van der Waals surface area contributed by atoms with Crippen molar-refractivity contribution in [1.82, 2.24) is 0 Å². The summed E-state index contributed by atoms with van der Waals surface area (Å²) in [4.78, 5) is 11.2. The predicted octanol–water partition coefficient (Wildman–Crippen LogP) is 4.98. The van der Waals surface area contributed by atoms with E-state index in [1.165, 1.54) is 18.4 Å². The average Bonchev–Trinajstić information content (AvgIpc) is 2.47. The van der Waals surface area contributed by atoms with E-state index in [1.54, 1.807) is 6.92 Å². The number of carbonyl (C=O) groups is 1. The summed E-state index contributed by atoms with van der Waals surface area (Å²) >= 11 is 0. The van der Waals surface area contributed by atoms with Crippen molar-refractivity contribution in [1.29, 1.82) is 0 Å². The van der Waals surface area contributed by atoms with Crippen LogP contribution in [0.3, 0.4) is 0 Å². The first-order valence-electron chi connectivity index (χ1n) is 7.16. The molecule has 2 rings (SSSR count). The molecule has 2 aromatic carbocycles. The number of hydrogen-bond donors (Lipinski definition) is 1. The molecule has 1 N–H and O–H groups in total. The normalized spacial score (nSPS) is 10.3. The summed E-state index contributed by atoms with van der Waals surface area (Å²) in [6.07, 6.45) is 3.60. The maximum Gasteiger partial charge on any atom is 0.159 e. The van der Waals surface area contributed by atoms with Gasteiger partial charge in [-0.1, -0.05) is 25.5 Å². The van der Waals surface area contributed by atoms with Crippen molar-refractivity contribution in [3.05, 3.63) is 59.7 Å². The van der Waals surface area contributed by atoms with Gasteiger partial charge in [0.1, 0.15) is 0 Å². The van der Waals surface area contributed by atoms with E-state index in [4.69, 9.17) is 0 Å². The van der Waals surface area contributed by atoms with E-state index in [2.05, 4.69) is 36.5 Å². The first kappa shape index (κ1) is 14.3. The van der Waals surface area contributed by atoms with Crippen LogP contribution in [0.5, 0.6) is 0 Å². The highest BCUT2D eigenvalue weighted by molar-refractivity contribution is 5.94. The van der Waals surface area contributed by atoms with Gasteiger partial charge in [0.2, 0.25) is 0 Å². The monoisotopic (exact) mass is 267 g/mol. The van der Waals surface area contributed by atoms with Gasteiger partial charge in [-0.05, 0) is 61.7 Å². The minimum absolute atomic E-state index is 0.0943. The molecule has 2 aromatic rings. The highest BCUT2D eigenvalue weighted by Gasteiger charge is 2.00. The summed E-state index contributed by atoms with van der Waals surface area (Å²) < 4.78 is 0. The van der Waals surface area contributed by atoms with Crippen LogP contribution in [0.2, 0.25) is 0 Å². The Labute approximate surface area is 120 Å². The lowest BCUT2D eigenvalue weighted by molar-refractivity contribution is 0.101. The number of aryl methyl sites for hydroxylation is 1. The zero-order valence-electron chi connectivity index (χ0n) is 12.1. The van der Waals surface area contributed by atoms with Crippen molar-refractivity contribution in [3.63, 3.8) is 0 Å². The second kappa shape index (κ2) is 6.90. The van der Waals surface area contributed by atoms with Crippen LogP contribution in [0.15, 0.2) is 48.5 Å². The van der Waals surface area contributed by atoms with Crippen molar-refractivity contribution < 1.29 is 4.79 Å². The van der Waals surface area contributed by atoms with E-state index in [-0.39, 0.29) is 5.78 Å². The number of rotatable bonds is 6. The number of benzene rings is 2. The lowest BCUT2D eigenvalue weighted by Gasteiger charge is -2.08. The molecule has 0 aromatic heterocycles. The largest absolute Gasteiger partial charge is 0.356 e.